The number of aromatic nitrogens is 1. The van der Waals surface area contributed by atoms with Crippen molar-refractivity contribution < 1.29 is 19.0 Å². The van der Waals surface area contributed by atoms with Gasteiger partial charge in [-0.05, 0) is 30.2 Å². The number of rotatable bonds is 3. The van der Waals surface area contributed by atoms with E-state index in [4.69, 9.17) is 9.47 Å². The third kappa shape index (κ3) is 2.55. The molecule has 0 spiro atoms. The molecule has 6 nitrogen and oxygen atoms in total. The summed E-state index contributed by atoms with van der Waals surface area (Å²) in [5.74, 6) is 1.12. The summed E-state index contributed by atoms with van der Waals surface area (Å²) in [4.78, 5) is 12.3. The SMILES string of the molecule is Cc1cc[n+]([O-])c(C)c1C(=O)NCc1ccc2c(c1)OCO2. The minimum Gasteiger partial charge on any atom is -0.618 e. The van der Waals surface area contributed by atoms with Gasteiger partial charge in [0.25, 0.3) is 5.91 Å². The Morgan fingerprint density at radius 2 is 2.05 bits per heavy atom. The molecule has 0 atom stereocenters. The predicted octanol–water partition coefficient (Wildman–Crippen LogP) is 1.60. The molecule has 114 valence electrons. The summed E-state index contributed by atoms with van der Waals surface area (Å²) in [5.41, 5.74) is 2.48. The van der Waals surface area contributed by atoms with Crippen molar-refractivity contribution in [1.29, 1.82) is 0 Å². The summed E-state index contributed by atoms with van der Waals surface area (Å²) in [6, 6.07) is 7.15. The smallest absolute Gasteiger partial charge is 0.258 e. The zero-order chi connectivity index (χ0) is 15.7. The highest BCUT2D eigenvalue weighted by molar-refractivity contribution is 5.96. The summed E-state index contributed by atoms with van der Waals surface area (Å²) < 4.78 is 11.2. The van der Waals surface area contributed by atoms with Crippen molar-refractivity contribution >= 4 is 5.91 Å². The molecule has 0 radical (unpaired) electrons. The second-order valence-electron chi connectivity index (χ2n) is 5.16. The van der Waals surface area contributed by atoms with Crippen LogP contribution >= 0.6 is 0 Å². The van der Waals surface area contributed by atoms with Crippen LogP contribution in [0.3, 0.4) is 0 Å². The van der Waals surface area contributed by atoms with Crippen LogP contribution in [-0.4, -0.2) is 12.7 Å². The number of nitrogens with zero attached hydrogens (tertiary/aromatic N) is 1. The first-order chi connectivity index (χ1) is 10.6. The average Bonchev–Trinajstić information content (AvgIpc) is 2.97. The Hall–Kier alpha value is -2.76. The molecule has 6 heteroatoms. The molecule has 1 N–H and O–H groups in total. The molecule has 0 unspecified atom stereocenters. The summed E-state index contributed by atoms with van der Waals surface area (Å²) >= 11 is 0. The van der Waals surface area contributed by atoms with Crippen molar-refractivity contribution in [1.82, 2.24) is 5.32 Å². The largest absolute Gasteiger partial charge is 0.618 e. The molecule has 0 saturated heterocycles. The Bertz CT molecular complexity index is 743. The Kier molecular flexibility index (Phi) is 3.58. The number of benzene rings is 1. The molecule has 3 rings (SSSR count). The van der Waals surface area contributed by atoms with Gasteiger partial charge in [0.2, 0.25) is 12.5 Å². The third-order valence-electron chi connectivity index (χ3n) is 3.66. The van der Waals surface area contributed by atoms with Gasteiger partial charge in [-0.2, -0.15) is 4.73 Å². The maximum Gasteiger partial charge on any atom is 0.258 e. The van der Waals surface area contributed by atoms with Gasteiger partial charge in [-0.25, -0.2) is 0 Å². The van der Waals surface area contributed by atoms with Gasteiger partial charge in [0.05, 0.1) is 0 Å². The normalized spacial score (nSPS) is 12.3. The van der Waals surface area contributed by atoms with Crippen LogP contribution in [0.15, 0.2) is 30.5 Å². The Morgan fingerprint density at radius 1 is 1.27 bits per heavy atom. The highest BCUT2D eigenvalue weighted by Crippen LogP contribution is 2.32. The van der Waals surface area contributed by atoms with Crippen LogP contribution < -0.4 is 19.5 Å². The molecule has 1 aliphatic heterocycles. The van der Waals surface area contributed by atoms with E-state index in [1.54, 1.807) is 13.0 Å². The first-order valence-electron chi connectivity index (χ1n) is 6.92. The lowest BCUT2D eigenvalue weighted by atomic mass is 10.1. The number of amides is 1. The number of fused-ring (bicyclic) bond motifs is 1. The summed E-state index contributed by atoms with van der Waals surface area (Å²) in [6.45, 7) is 4.01. The van der Waals surface area contributed by atoms with E-state index < -0.39 is 0 Å². The number of carbonyl (C=O) groups excluding carboxylic acids is 1. The van der Waals surface area contributed by atoms with E-state index in [-0.39, 0.29) is 12.7 Å². The number of pyridine rings is 1. The summed E-state index contributed by atoms with van der Waals surface area (Å²) in [5, 5.41) is 14.4. The topological polar surface area (TPSA) is 74.5 Å². The number of aryl methyl sites for hydroxylation is 1. The van der Waals surface area contributed by atoms with Gasteiger partial charge in [-0.1, -0.05) is 6.07 Å². The fourth-order valence-electron chi connectivity index (χ4n) is 2.44. The molecule has 1 aromatic heterocycles. The Balaban J connectivity index is 1.74. The van der Waals surface area contributed by atoms with Crippen LogP contribution in [0.1, 0.15) is 27.2 Å². The lowest BCUT2D eigenvalue weighted by Gasteiger charge is -2.10. The second-order valence-corrected chi connectivity index (χ2v) is 5.16. The molecule has 22 heavy (non-hydrogen) atoms. The summed E-state index contributed by atoms with van der Waals surface area (Å²) in [7, 11) is 0. The molecule has 0 saturated carbocycles. The lowest BCUT2D eigenvalue weighted by Crippen LogP contribution is -2.35. The van der Waals surface area contributed by atoms with E-state index >= 15 is 0 Å². The van der Waals surface area contributed by atoms with Crippen LogP contribution in [0, 0.1) is 19.1 Å². The molecule has 1 aliphatic rings. The van der Waals surface area contributed by atoms with Gasteiger partial charge in [-0.3, -0.25) is 4.79 Å². The first kappa shape index (κ1) is 14.2. The van der Waals surface area contributed by atoms with Gasteiger partial charge in [-0.15, -0.1) is 0 Å². The molecule has 2 aromatic rings. The molecule has 1 aromatic carbocycles. The summed E-state index contributed by atoms with van der Waals surface area (Å²) in [6.07, 6.45) is 1.40. The highest BCUT2D eigenvalue weighted by atomic mass is 16.7. The second kappa shape index (κ2) is 5.55. The van der Waals surface area contributed by atoms with Crippen LogP contribution in [0.4, 0.5) is 0 Å². The molecule has 0 fully saturated rings. The Labute approximate surface area is 127 Å². The van der Waals surface area contributed by atoms with E-state index in [1.165, 1.54) is 6.20 Å². The van der Waals surface area contributed by atoms with Gasteiger partial charge in [0.1, 0.15) is 5.56 Å². The van der Waals surface area contributed by atoms with Crippen LogP contribution in [-0.2, 0) is 6.54 Å². The molecular formula is C16H16N2O4. The molecule has 2 heterocycles. The molecule has 1 amide bonds. The number of hydrogen-bond acceptors (Lipinski definition) is 4. The number of carbonyl (C=O) groups is 1. The van der Waals surface area contributed by atoms with Crippen LogP contribution in [0.25, 0.3) is 0 Å². The third-order valence-corrected chi connectivity index (χ3v) is 3.66. The Morgan fingerprint density at radius 3 is 2.86 bits per heavy atom. The maximum absolute atomic E-state index is 12.3. The zero-order valence-corrected chi connectivity index (χ0v) is 12.4. The molecule has 0 aliphatic carbocycles. The number of nitrogens with one attached hydrogen (secondary N) is 1. The van der Waals surface area contributed by atoms with Crippen molar-refractivity contribution in [3.63, 3.8) is 0 Å². The van der Waals surface area contributed by atoms with Crippen molar-refractivity contribution in [3.8, 4) is 11.5 Å². The molecular weight excluding hydrogens is 284 g/mol. The van der Waals surface area contributed by atoms with Gasteiger partial charge < -0.3 is 20.0 Å². The van der Waals surface area contributed by atoms with E-state index in [2.05, 4.69) is 5.32 Å². The predicted molar refractivity (Wildman–Crippen MR) is 78.6 cm³/mol. The van der Waals surface area contributed by atoms with Crippen molar-refractivity contribution in [2.75, 3.05) is 6.79 Å². The minimum atomic E-state index is -0.266. The van der Waals surface area contributed by atoms with E-state index in [1.807, 2.05) is 25.1 Å². The molecule has 0 bridgehead atoms. The van der Waals surface area contributed by atoms with Crippen LogP contribution in [0.5, 0.6) is 11.5 Å². The van der Waals surface area contributed by atoms with Crippen LogP contribution in [0.2, 0.25) is 0 Å². The number of ether oxygens (including phenoxy) is 2. The highest BCUT2D eigenvalue weighted by Gasteiger charge is 2.19. The maximum atomic E-state index is 12.3. The van der Waals surface area contributed by atoms with Crippen molar-refractivity contribution in [2.24, 2.45) is 0 Å². The zero-order valence-electron chi connectivity index (χ0n) is 12.4. The van der Waals surface area contributed by atoms with Gasteiger partial charge >= 0.3 is 0 Å². The lowest BCUT2D eigenvalue weighted by molar-refractivity contribution is -0.612. The van der Waals surface area contributed by atoms with Gasteiger partial charge in [0.15, 0.2) is 17.7 Å². The average molecular weight is 300 g/mol. The fourth-order valence-corrected chi connectivity index (χ4v) is 2.44. The quantitative estimate of drug-likeness (QED) is 0.690. The van der Waals surface area contributed by atoms with Crippen molar-refractivity contribution in [2.45, 2.75) is 20.4 Å². The number of hydrogen-bond donors (Lipinski definition) is 1. The van der Waals surface area contributed by atoms with E-state index in [9.17, 15) is 10.0 Å². The minimum absolute atomic E-state index is 0.219. The van der Waals surface area contributed by atoms with E-state index in [0.717, 1.165) is 11.1 Å². The van der Waals surface area contributed by atoms with E-state index in [0.29, 0.717) is 34.0 Å². The van der Waals surface area contributed by atoms with Gasteiger partial charge in [0, 0.05) is 19.5 Å². The van der Waals surface area contributed by atoms with Crippen molar-refractivity contribution in [3.05, 3.63) is 58.1 Å². The first-order valence-corrected chi connectivity index (χ1v) is 6.92. The fraction of sp³-hybridized carbons (Fsp3) is 0.250. The standard InChI is InChI=1S/C16H16N2O4/c1-10-5-6-18(20)11(2)15(10)16(19)17-8-12-3-4-13-14(7-12)22-9-21-13/h3-7H,8-9H2,1-2H3,(H,17,19). The monoisotopic (exact) mass is 300 g/mol.